The third-order valence-electron chi connectivity index (χ3n) is 5.41. The molecule has 1 unspecified atom stereocenters. The highest BCUT2D eigenvalue weighted by atomic mass is 32.1. The summed E-state index contributed by atoms with van der Waals surface area (Å²) < 4.78 is 10.8. The van der Waals surface area contributed by atoms with Gasteiger partial charge in [0.15, 0.2) is 0 Å². The number of hydrogen-bond acceptors (Lipinski definition) is 7. The number of Topliss-reactive ketones (excluding diaryl/α,β-unsaturated/α-hetero) is 1. The van der Waals surface area contributed by atoms with Crippen molar-refractivity contribution in [2.45, 2.75) is 19.5 Å². The number of thiophene rings is 1. The van der Waals surface area contributed by atoms with Crippen LogP contribution in [0.2, 0.25) is 0 Å². The van der Waals surface area contributed by atoms with Crippen LogP contribution in [-0.4, -0.2) is 40.9 Å². The maximum absolute atomic E-state index is 13.2. The molecule has 164 valence electrons. The van der Waals surface area contributed by atoms with Crippen LogP contribution in [0.25, 0.3) is 5.76 Å². The van der Waals surface area contributed by atoms with Gasteiger partial charge in [0.05, 0.1) is 32.0 Å². The van der Waals surface area contributed by atoms with E-state index < -0.39 is 17.7 Å². The summed E-state index contributed by atoms with van der Waals surface area (Å²) in [5, 5.41) is 13.3. The Morgan fingerprint density at radius 2 is 1.81 bits per heavy atom. The van der Waals surface area contributed by atoms with E-state index >= 15 is 0 Å². The number of nitrogens with zero attached hydrogens (tertiary/aromatic N) is 2. The minimum Gasteiger partial charge on any atom is -0.506 e. The van der Waals surface area contributed by atoms with Crippen LogP contribution in [0.1, 0.15) is 27.7 Å². The van der Waals surface area contributed by atoms with Crippen LogP contribution in [0.4, 0.5) is 0 Å². The Kier molecular flexibility index (Phi) is 5.96. The second kappa shape index (κ2) is 8.84. The lowest BCUT2D eigenvalue weighted by atomic mass is 9.97. The Labute approximate surface area is 189 Å². The Morgan fingerprint density at radius 3 is 2.38 bits per heavy atom. The van der Waals surface area contributed by atoms with Crippen molar-refractivity contribution in [1.82, 2.24) is 9.88 Å². The standard InChI is InChI=1S/C24H22N2O5S/c1-14-10-12-32-23(14)20-19(21(27)18-16(30-2)8-6-9-17(18)31-3)22(28)24(29)26(20)13-15-7-4-5-11-25-15/h4-12,20,27H,13H2,1-3H3/b21-19+. The first-order chi connectivity index (χ1) is 15.5. The molecule has 3 heterocycles. The van der Waals surface area contributed by atoms with Crippen LogP contribution in [0, 0.1) is 6.92 Å². The molecule has 0 saturated carbocycles. The molecule has 3 aromatic rings. The van der Waals surface area contributed by atoms with Crippen molar-refractivity contribution in [3.63, 3.8) is 0 Å². The van der Waals surface area contributed by atoms with Crippen molar-refractivity contribution >= 4 is 28.8 Å². The number of likely N-dealkylation sites (tertiary alicyclic amines) is 1. The van der Waals surface area contributed by atoms with Gasteiger partial charge in [-0.15, -0.1) is 11.3 Å². The monoisotopic (exact) mass is 450 g/mol. The summed E-state index contributed by atoms with van der Waals surface area (Å²) in [5.41, 5.74) is 1.79. The second-order valence-electron chi connectivity index (χ2n) is 7.25. The molecule has 0 bridgehead atoms. The molecule has 0 spiro atoms. The van der Waals surface area contributed by atoms with Crippen molar-refractivity contribution < 1.29 is 24.2 Å². The molecular weight excluding hydrogens is 428 g/mol. The van der Waals surface area contributed by atoms with Crippen LogP contribution in [0.5, 0.6) is 11.5 Å². The number of aliphatic hydroxyl groups excluding tert-OH is 1. The zero-order chi connectivity index (χ0) is 22.8. The first-order valence-electron chi connectivity index (χ1n) is 9.91. The largest absolute Gasteiger partial charge is 0.506 e. The Bertz CT molecular complexity index is 1180. The molecule has 1 fully saturated rings. The van der Waals surface area contributed by atoms with Gasteiger partial charge < -0.3 is 19.5 Å². The predicted octanol–water partition coefficient (Wildman–Crippen LogP) is 4.09. The Hall–Kier alpha value is -3.65. The van der Waals surface area contributed by atoms with E-state index in [-0.39, 0.29) is 23.4 Å². The zero-order valence-electron chi connectivity index (χ0n) is 17.9. The fourth-order valence-electron chi connectivity index (χ4n) is 3.87. The predicted molar refractivity (Wildman–Crippen MR) is 121 cm³/mol. The maximum atomic E-state index is 13.2. The van der Waals surface area contributed by atoms with Crippen LogP contribution < -0.4 is 9.47 Å². The maximum Gasteiger partial charge on any atom is 0.296 e. The number of ketones is 1. The smallest absolute Gasteiger partial charge is 0.296 e. The van der Waals surface area contributed by atoms with Crippen molar-refractivity contribution in [3.05, 3.63) is 81.3 Å². The molecule has 1 aliphatic rings. The molecular formula is C24H22N2O5S. The van der Waals surface area contributed by atoms with E-state index in [1.54, 1.807) is 36.5 Å². The number of aromatic nitrogens is 1. The number of carbonyl (C=O) groups excluding carboxylic acids is 2. The molecule has 2 aromatic heterocycles. The van der Waals surface area contributed by atoms with Crippen molar-refractivity contribution in [2.24, 2.45) is 0 Å². The number of benzene rings is 1. The Balaban J connectivity index is 1.94. The summed E-state index contributed by atoms with van der Waals surface area (Å²) in [6.07, 6.45) is 1.64. The zero-order valence-corrected chi connectivity index (χ0v) is 18.7. The molecule has 1 N–H and O–H groups in total. The number of carbonyl (C=O) groups is 2. The van der Waals surface area contributed by atoms with Gasteiger partial charge in [0.1, 0.15) is 28.9 Å². The molecule has 1 atom stereocenters. The van der Waals surface area contributed by atoms with Gasteiger partial charge in [-0.1, -0.05) is 12.1 Å². The van der Waals surface area contributed by atoms with Gasteiger partial charge in [-0.25, -0.2) is 0 Å². The topological polar surface area (TPSA) is 89.0 Å². The van der Waals surface area contributed by atoms with E-state index in [0.29, 0.717) is 17.2 Å². The summed E-state index contributed by atoms with van der Waals surface area (Å²) in [6.45, 7) is 2.05. The van der Waals surface area contributed by atoms with Crippen molar-refractivity contribution in [1.29, 1.82) is 0 Å². The van der Waals surface area contributed by atoms with Gasteiger partial charge >= 0.3 is 0 Å². The first-order valence-corrected chi connectivity index (χ1v) is 10.8. The van der Waals surface area contributed by atoms with E-state index in [1.807, 2.05) is 24.4 Å². The van der Waals surface area contributed by atoms with Crippen LogP contribution in [0.3, 0.4) is 0 Å². The third kappa shape index (κ3) is 3.62. The fourth-order valence-corrected chi connectivity index (χ4v) is 4.91. The lowest BCUT2D eigenvalue weighted by Crippen LogP contribution is -2.29. The number of aliphatic hydroxyl groups is 1. The minimum atomic E-state index is -0.760. The van der Waals surface area contributed by atoms with E-state index in [0.717, 1.165) is 10.4 Å². The molecule has 1 aliphatic heterocycles. The van der Waals surface area contributed by atoms with Crippen molar-refractivity contribution in [2.75, 3.05) is 14.2 Å². The van der Waals surface area contributed by atoms with Gasteiger partial charge in [-0.3, -0.25) is 14.6 Å². The first kappa shape index (κ1) is 21.6. The van der Waals surface area contributed by atoms with Crippen LogP contribution in [0.15, 0.2) is 59.6 Å². The lowest BCUT2D eigenvalue weighted by Gasteiger charge is -2.25. The SMILES string of the molecule is COc1cccc(OC)c1/C(O)=C1\C(=O)C(=O)N(Cc2ccccn2)C1c1sccc1C. The van der Waals surface area contributed by atoms with E-state index in [9.17, 15) is 14.7 Å². The summed E-state index contributed by atoms with van der Waals surface area (Å²) in [5.74, 6) is -1.12. The number of ether oxygens (including phenoxy) is 2. The molecule has 8 heteroatoms. The van der Waals surface area contributed by atoms with E-state index in [2.05, 4.69) is 4.98 Å². The average Bonchev–Trinajstić information content (AvgIpc) is 3.34. The average molecular weight is 451 g/mol. The number of methoxy groups -OCH3 is 2. The highest BCUT2D eigenvalue weighted by molar-refractivity contribution is 7.10. The number of hydrogen-bond donors (Lipinski definition) is 1. The molecule has 0 aliphatic carbocycles. The number of aryl methyl sites for hydroxylation is 1. The number of pyridine rings is 1. The molecule has 1 saturated heterocycles. The van der Waals surface area contributed by atoms with Gasteiger partial charge in [-0.2, -0.15) is 0 Å². The summed E-state index contributed by atoms with van der Waals surface area (Å²) >= 11 is 1.43. The Morgan fingerprint density at radius 1 is 1.09 bits per heavy atom. The molecule has 32 heavy (non-hydrogen) atoms. The highest BCUT2D eigenvalue weighted by Gasteiger charge is 2.47. The lowest BCUT2D eigenvalue weighted by molar-refractivity contribution is -0.140. The van der Waals surface area contributed by atoms with Gasteiger partial charge in [0.25, 0.3) is 11.7 Å². The quantitative estimate of drug-likeness (QED) is 0.346. The summed E-state index contributed by atoms with van der Waals surface area (Å²) in [7, 11) is 2.93. The highest BCUT2D eigenvalue weighted by Crippen LogP contribution is 2.45. The molecule has 4 rings (SSSR count). The summed E-state index contributed by atoms with van der Waals surface area (Å²) in [4.78, 5) is 32.9. The number of amides is 1. The second-order valence-corrected chi connectivity index (χ2v) is 8.20. The van der Waals surface area contributed by atoms with Crippen molar-refractivity contribution in [3.8, 4) is 11.5 Å². The molecule has 1 amide bonds. The van der Waals surface area contributed by atoms with E-state index in [1.165, 1.54) is 30.5 Å². The normalized spacial score (nSPS) is 17.6. The molecule has 0 radical (unpaired) electrons. The minimum absolute atomic E-state index is 0.000666. The van der Waals surface area contributed by atoms with Crippen LogP contribution >= 0.6 is 11.3 Å². The molecule has 7 nitrogen and oxygen atoms in total. The molecule has 1 aromatic carbocycles. The van der Waals surface area contributed by atoms with Gasteiger partial charge in [-0.05, 0) is 48.2 Å². The number of rotatable bonds is 6. The van der Waals surface area contributed by atoms with E-state index in [4.69, 9.17) is 9.47 Å². The third-order valence-corrected chi connectivity index (χ3v) is 6.48. The fraction of sp³-hybridized carbons (Fsp3) is 0.208. The van der Waals surface area contributed by atoms with Crippen LogP contribution in [-0.2, 0) is 16.1 Å². The van der Waals surface area contributed by atoms with Gasteiger partial charge in [0, 0.05) is 11.1 Å². The summed E-state index contributed by atoms with van der Waals surface area (Å²) in [6, 6.07) is 11.6. The van der Waals surface area contributed by atoms with Gasteiger partial charge in [0.2, 0.25) is 0 Å².